The third-order valence-corrected chi connectivity index (χ3v) is 7.21. The molecule has 10 heteroatoms. The summed E-state index contributed by atoms with van der Waals surface area (Å²) in [5.41, 5.74) is 1.09. The van der Waals surface area contributed by atoms with Gasteiger partial charge >= 0.3 is 5.97 Å². The van der Waals surface area contributed by atoms with Gasteiger partial charge in [-0.05, 0) is 36.8 Å². The van der Waals surface area contributed by atoms with Crippen molar-refractivity contribution in [1.82, 2.24) is 14.9 Å². The van der Waals surface area contributed by atoms with Crippen LogP contribution in [0.2, 0.25) is 0 Å². The number of aryl methyl sites for hydroxylation is 1. The van der Waals surface area contributed by atoms with Crippen LogP contribution in [0.15, 0.2) is 35.5 Å². The fourth-order valence-corrected chi connectivity index (χ4v) is 5.11. The number of carboxylic acid groups (broad SMARTS) is 1. The molecule has 164 valence electrons. The molecule has 0 aliphatic carbocycles. The maximum absolute atomic E-state index is 12.8. The van der Waals surface area contributed by atoms with Gasteiger partial charge in [-0.3, -0.25) is 9.59 Å². The number of aliphatic carboxylic acids is 1. The second kappa shape index (κ2) is 9.54. The van der Waals surface area contributed by atoms with E-state index in [-0.39, 0.29) is 11.7 Å². The van der Waals surface area contributed by atoms with Gasteiger partial charge < -0.3 is 14.9 Å². The highest BCUT2D eigenvalue weighted by molar-refractivity contribution is 7.99. The number of amides is 1. The van der Waals surface area contributed by atoms with Crippen molar-refractivity contribution in [2.45, 2.75) is 18.5 Å². The molecule has 0 spiro atoms. The highest BCUT2D eigenvalue weighted by atomic mass is 32.2. The van der Waals surface area contributed by atoms with Crippen LogP contribution in [0.1, 0.15) is 27.7 Å². The standard InChI is InChI=1S/C22H21N5O3S2/c1-2-16-11-17-19(24-22(25-20(17)32-16)31-13-18(28)29)26-7-9-27(10-8-26)21(30)15-5-3-14(12-23)4-6-15/h3-6,11H,2,7-10,13H2,1H3,(H,28,29). The second-order valence-electron chi connectivity index (χ2n) is 7.27. The first-order valence-electron chi connectivity index (χ1n) is 10.2. The lowest BCUT2D eigenvalue weighted by molar-refractivity contribution is -0.133. The molecular formula is C22H21N5O3S2. The number of nitriles is 1. The molecular weight excluding hydrogens is 446 g/mol. The van der Waals surface area contributed by atoms with Crippen LogP contribution in [0.5, 0.6) is 0 Å². The molecule has 1 amide bonds. The Hall–Kier alpha value is -3.16. The molecule has 0 atom stereocenters. The van der Waals surface area contributed by atoms with Gasteiger partial charge in [-0.2, -0.15) is 5.26 Å². The molecule has 1 fully saturated rings. The van der Waals surface area contributed by atoms with Gasteiger partial charge in [0.2, 0.25) is 0 Å². The summed E-state index contributed by atoms with van der Waals surface area (Å²) in [5, 5.41) is 19.4. The van der Waals surface area contributed by atoms with Gasteiger partial charge in [-0.1, -0.05) is 18.7 Å². The van der Waals surface area contributed by atoms with Crippen molar-refractivity contribution in [3.05, 3.63) is 46.3 Å². The van der Waals surface area contributed by atoms with E-state index in [0.29, 0.717) is 42.5 Å². The van der Waals surface area contributed by atoms with Crippen LogP contribution >= 0.6 is 23.1 Å². The summed E-state index contributed by atoms with van der Waals surface area (Å²) in [6.45, 7) is 4.42. The lowest BCUT2D eigenvalue weighted by Crippen LogP contribution is -2.49. The molecule has 0 bridgehead atoms. The highest BCUT2D eigenvalue weighted by Crippen LogP contribution is 2.33. The van der Waals surface area contributed by atoms with Crippen LogP contribution in [0.4, 0.5) is 5.82 Å². The van der Waals surface area contributed by atoms with E-state index in [2.05, 4.69) is 33.9 Å². The van der Waals surface area contributed by atoms with Crippen LogP contribution in [-0.2, 0) is 11.2 Å². The van der Waals surface area contributed by atoms with Gasteiger partial charge in [-0.25, -0.2) is 9.97 Å². The van der Waals surface area contributed by atoms with E-state index < -0.39 is 5.97 Å². The molecule has 3 heterocycles. The third-order valence-electron chi connectivity index (χ3n) is 5.20. The minimum atomic E-state index is -0.907. The van der Waals surface area contributed by atoms with Gasteiger partial charge in [0.1, 0.15) is 10.6 Å². The fraction of sp³-hybridized carbons (Fsp3) is 0.318. The van der Waals surface area contributed by atoms with Gasteiger partial charge in [0.25, 0.3) is 5.91 Å². The third kappa shape index (κ3) is 4.69. The molecule has 0 saturated carbocycles. The van der Waals surface area contributed by atoms with Crippen molar-refractivity contribution in [1.29, 1.82) is 5.26 Å². The maximum Gasteiger partial charge on any atom is 0.313 e. The number of thiophene rings is 1. The molecule has 32 heavy (non-hydrogen) atoms. The maximum atomic E-state index is 12.8. The number of aromatic nitrogens is 2. The average Bonchev–Trinajstić information content (AvgIpc) is 3.25. The van der Waals surface area contributed by atoms with Gasteiger partial charge in [0.15, 0.2) is 5.16 Å². The summed E-state index contributed by atoms with van der Waals surface area (Å²) in [7, 11) is 0. The summed E-state index contributed by atoms with van der Waals surface area (Å²) in [6.07, 6.45) is 0.894. The molecule has 1 aliphatic heterocycles. The monoisotopic (exact) mass is 467 g/mol. The Bertz CT molecular complexity index is 1190. The van der Waals surface area contributed by atoms with Crippen molar-refractivity contribution in [3.8, 4) is 6.07 Å². The lowest BCUT2D eigenvalue weighted by atomic mass is 10.1. The molecule has 3 aromatic rings. The molecule has 1 N–H and O–H groups in total. The zero-order valence-electron chi connectivity index (χ0n) is 17.4. The van der Waals surface area contributed by atoms with E-state index in [0.717, 1.165) is 34.2 Å². The molecule has 0 unspecified atom stereocenters. The number of carboxylic acids is 1. The largest absolute Gasteiger partial charge is 0.481 e. The molecule has 1 aromatic carbocycles. The normalized spacial score (nSPS) is 13.9. The molecule has 0 radical (unpaired) electrons. The van der Waals surface area contributed by atoms with Gasteiger partial charge in [-0.15, -0.1) is 11.3 Å². The number of nitrogens with zero attached hydrogens (tertiary/aromatic N) is 5. The molecule has 4 rings (SSSR count). The van der Waals surface area contributed by atoms with Crippen molar-refractivity contribution in [3.63, 3.8) is 0 Å². The number of carbonyl (C=O) groups excluding carboxylic acids is 1. The van der Waals surface area contributed by atoms with Crippen LogP contribution in [0.3, 0.4) is 0 Å². The second-order valence-corrected chi connectivity index (χ2v) is 9.32. The zero-order valence-corrected chi connectivity index (χ0v) is 19.1. The van der Waals surface area contributed by atoms with Crippen LogP contribution in [0.25, 0.3) is 10.2 Å². The number of carbonyl (C=O) groups is 2. The number of piperazine rings is 1. The number of anilines is 1. The molecule has 8 nitrogen and oxygen atoms in total. The molecule has 2 aromatic heterocycles. The van der Waals surface area contributed by atoms with E-state index in [1.165, 1.54) is 4.88 Å². The average molecular weight is 468 g/mol. The SMILES string of the molecule is CCc1cc2c(N3CCN(C(=O)c4ccc(C#N)cc4)CC3)nc(SCC(=O)O)nc2s1. The molecule has 1 saturated heterocycles. The van der Waals surface area contributed by atoms with E-state index in [9.17, 15) is 9.59 Å². The summed E-state index contributed by atoms with van der Waals surface area (Å²) >= 11 is 2.72. The minimum absolute atomic E-state index is 0.0523. The number of rotatable bonds is 6. The molecule has 1 aliphatic rings. The Kier molecular flexibility index (Phi) is 6.58. The van der Waals surface area contributed by atoms with E-state index in [4.69, 9.17) is 10.4 Å². The highest BCUT2D eigenvalue weighted by Gasteiger charge is 2.25. The first-order chi connectivity index (χ1) is 15.5. The van der Waals surface area contributed by atoms with E-state index >= 15 is 0 Å². The first-order valence-corrected chi connectivity index (χ1v) is 12.0. The summed E-state index contributed by atoms with van der Waals surface area (Å²) in [4.78, 5) is 39.1. The Balaban J connectivity index is 1.53. The Morgan fingerprint density at radius 2 is 1.91 bits per heavy atom. The Morgan fingerprint density at radius 1 is 1.19 bits per heavy atom. The van der Waals surface area contributed by atoms with E-state index in [1.807, 2.05) is 0 Å². The lowest BCUT2D eigenvalue weighted by Gasteiger charge is -2.35. The van der Waals surface area contributed by atoms with Crippen molar-refractivity contribution < 1.29 is 14.7 Å². The number of fused-ring (bicyclic) bond motifs is 1. The topological polar surface area (TPSA) is 110 Å². The summed E-state index contributed by atoms with van der Waals surface area (Å²) in [6, 6.07) is 10.8. The van der Waals surface area contributed by atoms with Crippen molar-refractivity contribution in [2.24, 2.45) is 0 Å². The van der Waals surface area contributed by atoms with Crippen molar-refractivity contribution >= 4 is 51.0 Å². The predicted octanol–water partition coefficient (Wildman–Crippen LogP) is 3.26. The number of hydrogen-bond acceptors (Lipinski definition) is 8. The van der Waals surface area contributed by atoms with Gasteiger partial charge in [0, 0.05) is 36.6 Å². The fourth-order valence-electron chi connectivity index (χ4n) is 3.53. The van der Waals surface area contributed by atoms with Gasteiger partial charge in [0.05, 0.1) is 22.8 Å². The zero-order chi connectivity index (χ0) is 22.7. The predicted molar refractivity (Wildman–Crippen MR) is 124 cm³/mol. The smallest absolute Gasteiger partial charge is 0.313 e. The number of benzene rings is 1. The Morgan fingerprint density at radius 3 is 2.53 bits per heavy atom. The Labute approximate surface area is 193 Å². The summed E-state index contributed by atoms with van der Waals surface area (Å²) in [5.74, 6) is -0.257. The van der Waals surface area contributed by atoms with Crippen LogP contribution in [0, 0.1) is 11.3 Å². The number of hydrogen-bond donors (Lipinski definition) is 1. The van der Waals surface area contributed by atoms with E-state index in [1.54, 1.807) is 40.5 Å². The van der Waals surface area contributed by atoms with Crippen LogP contribution < -0.4 is 4.90 Å². The quantitative estimate of drug-likeness (QED) is 0.434. The van der Waals surface area contributed by atoms with Crippen LogP contribution in [-0.4, -0.2) is 63.8 Å². The van der Waals surface area contributed by atoms with Crippen molar-refractivity contribution in [2.75, 3.05) is 36.8 Å². The number of thioether (sulfide) groups is 1. The summed E-state index contributed by atoms with van der Waals surface area (Å²) < 4.78 is 0. The first kappa shape index (κ1) is 22.0. The minimum Gasteiger partial charge on any atom is -0.481 e.